The Kier molecular flexibility index (Phi) is 5.75. The van der Waals surface area contributed by atoms with E-state index in [9.17, 15) is 31.1 Å². The minimum absolute atomic E-state index is 0.0189. The topological polar surface area (TPSA) is 38.3 Å². The van der Waals surface area contributed by atoms with Gasteiger partial charge in [-0.25, -0.2) is 0 Å². The van der Waals surface area contributed by atoms with Crippen molar-refractivity contribution in [3.63, 3.8) is 0 Å². The number of carbonyl (C=O) groups excluding carboxylic acids is 1. The van der Waals surface area contributed by atoms with Crippen LogP contribution in [0.15, 0.2) is 48.5 Å². The lowest BCUT2D eigenvalue weighted by Crippen LogP contribution is -2.53. The fraction of sp³-hybridized carbons (Fsp3) is 0.458. The molecule has 1 N–H and O–H groups in total. The van der Waals surface area contributed by atoms with Crippen molar-refractivity contribution in [2.24, 2.45) is 5.41 Å². The van der Waals surface area contributed by atoms with Crippen molar-refractivity contribution in [2.75, 3.05) is 13.2 Å². The molecule has 1 saturated heterocycles. The summed E-state index contributed by atoms with van der Waals surface area (Å²) in [5, 5.41) is 2.84. The van der Waals surface area contributed by atoms with Gasteiger partial charge in [0, 0.05) is 18.4 Å². The molecule has 0 bridgehead atoms. The van der Waals surface area contributed by atoms with E-state index >= 15 is 0 Å². The average Bonchev–Trinajstić information content (AvgIpc) is 3.11. The van der Waals surface area contributed by atoms with Crippen LogP contribution >= 0.6 is 0 Å². The van der Waals surface area contributed by atoms with E-state index in [1.54, 1.807) is 0 Å². The standard InChI is InChI=1S/C24H23F6NO2/c1-15(16-7-18(23(25,26)27)9-19(8-16)24(28,29)30)33-14-22(17-5-3-2-4-6-17)11-21(12-22)10-20(32)31-13-21/h2-9,15H,10-14H2,1H3,(H,31,32). The number of halogens is 6. The zero-order valence-electron chi connectivity index (χ0n) is 17.8. The van der Waals surface area contributed by atoms with Gasteiger partial charge in [-0.15, -0.1) is 0 Å². The first-order chi connectivity index (χ1) is 15.3. The Hall–Kier alpha value is -2.55. The van der Waals surface area contributed by atoms with Crippen LogP contribution in [0, 0.1) is 5.41 Å². The number of hydrogen-bond donors (Lipinski definition) is 1. The first-order valence-corrected chi connectivity index (χ1v) is 10.6. The van der Waals surface area contributed by atoms with Crippen LogP contribution in [0.25, 0.3) is 0 Å². The molecule has 0 aromatic heterocycles. The summed E-state index contributed by atoms with van der Waals surface area (Å²) in [6.45, 7) is 2.12. The summed E-state index contributed by atoms with van der Waals surface area (Å²) in [7, 11) is 0. The second-order valence-corrected chi connectivity index (χ2v) is 9.25. The number of rotatable bonds is 5. The first-order valence-electron chi connectivity index (χ1n) is 10.6. The second-order valence-electron chi connectivity index (χ2n) is 9.25. The zero-order valence-corrected chi connectivity index (χ0v) is 17.8. The molecule has 2 aliphatic rings. The molecule has 4 rings (SSSR count). The molecule has 33 heavy (non-hydrogen) atoms. The lowest BCUT2D eigenvalue weighted by molar-refractivity contribution is -0.143. The molecular formula is C24H23F6NO2. The third-order valence-corrected chi connectivity index (χ3v) is 6.70. The van der Waals surface area contributed by atoms with Gasteiger partial charge in [0.1, 0.15) is 0 Å². The van der Waals surface area contributed by atoms with Crippen molar-refractivity contribution in [1.82, 2.24) is 5.32 Å². The monoisotopic (exact) mass is 471 g/mol. The quantitative estimate of drug-likeness (QED) is 0.540. The van der Waals surface area contributed by atoms with Crippen LogP contribution in [0.2, 0.25) is 0 Å². The fourth-order valence-corrected chi connectivity index (χ4v) is 5.16. The summed E-state index contributed by atoms with van der Waals surface area (Å²) in [6, 6.07) is 11.0. The number of carbonyl (C=O) groups is 1. The predicted octanol–water partition coefficient (Wildman–Crippen LogP) is 6.04. The van der Waals surface area contributed by atoms with Crippen molar-refractivity contribution in [3.05, 3.63) is 70.8 Å². The number of hydrogen-bond acceptors (Lipinski definition) is 2. The lowest BCUT2D eigenvalue weighted by Gasteiger charge is -2.54. The van der Waals surface area contributed by atoms with Crippen molar-refractivity contribution >= 4 is 5.91 Å². The highest BCUT2D eigenvalue weighted by atomic mass is 19.4. The van der Waals surface area contributed by atoms with Gasteiger partial charge in [0.15, 0.2) is 0 Å². The molecule has 2 fully saturated rings. The second kappa shape index (κ2) is 8.04. The van der Waals surface area contributed by atoms with Crippen molar-refractivity contribution < 1.29 is 35.9 Å². The third kappa shape index (κ3) is 4.74. The van der Waals surface area contributed by atoms with Gasteiger partial charge in [-0.2, -0.15) is 26.3 Å². The SMILES string of the molecule is CC(OCC1(c2ccccc2)CC2(CNC(=O)C2)C1)c1cc(C(F)(F)F)cc(C(F)(F)F)c1. The molecule has 1 saturated carbocycles. The van der Waals surface area contributed by atoms with E-state index in [2.05, 4.69) is 5.32 Å². The van der Waals surface area contributed by atoms with Crippen LogP contribution in [0.1, 0.15) is 54.5 Å². The number of nitrogens with one attached hydrogen (secondary N) is 1. The Balaban J connectivity index is 1.57. The van der Waals surface area contributed by atoms with Crippen molar-refractivity contribution in [2.45, 2.75) is 50.1 Å². The van der Waals surface area contributed by atoms with Crippen LogP contribution < -0.4 is 5.32 Å². The van der Waals surface area contributed by atoms with Gasteiger partial charge in [0.25, 0.3) is 0 Å². The molecule has 1 amide bonds. The molecule has 178 valence electrons. The molecule has 3 nitrogen and oxygen atoms in total. The lowest BCUT2D eigenvalue weighted by atomic mass is 9.50. The first kappa shape index (κ1) is 23.6. The molecule has 1 spiro atoms. The van der Waals surface area contributed by atoms with Gasteiger partial charge in [0.2, 0.25) is 5.91 Å². The Morgan fingerprint density at radius 2 is 1.55 bits per heavy atom. The van der Waals surface area contributed by atoms with Gasteiger partial charge in [-0.05, 0) is 54.5 Å². The number of ether oxygens (including phenoxy) is 1. The molecular weight excluding hydrogens is 448 g/mol. The molecule has 0 radical (unpaired) electrons. The highest BCUT2D eigenvalue weighted by Gasteiger charge is 2.58. The van der Waals surface area contributed by atoms with Crippen LogP contribution in [-0.4, -0.2) is 19.1 Å². The summed E-state index contributed by atoms with van der Waals surface area (Å²) in [4.78, 5) is 11.7. The van der Waals surface area contributed by atoms with E-state index in [0.717, 1.165) is 5.56 Å². The largest absolute Gasteiger partial charge is 0.416 e. The molecule has 1 unspecified atom stereocenters. The summed E-state index contributed by atoms with van der Waals surface area (Å²) < 4.78 is 85.2. The van der Waals surface area contributed by atoms with Crippen LogP contribution in [0.3, 0.4) is 0 Å². The van der Waals surface area contributed by atoms with E-state index in [0.29, 0.717) is 37.9 Å². The highest BCUT2D eigenvalue weighted by Crippen LogP contribution is 2.59. The van der Waals surface area contributed by atoms with Gasteiger partial charge in [0.05, 0.1) is 23.8 Å². The van der Waals surface area contributed by atoms with Crippen LogP contribution in [0.4, 0.5) is 26.3 Å². The van der Waals surface area contributed by atoms with Crippen molar-refractivity contribution in [3.8, 4) is 0 Å². The maximum absolute atomic E-state index is 13.2. The summed E-state index contributed by atoms with van der Waals surface area (Å²) in [5.41, 5.74) is -2.60. The molecule has 2 aromatic carbocycles. The number of benzene rings is 2. The van der Waals surface area contributed by atoms with E-state index in [1.165, 1.54) is 6.92 Å². The van der Waals surface area contributed by atoms with Gasteiger partial charge in [-0.1, -0.05) is 30.3 Å². The molecule has 1 atom stereocenters. The zero-order chi connectivity index (χ0) is 24.1. The Bertz CT molecular complexity index is 993. The Morgan fingerprint density at radius 1 is 0.970 bits per heavy atom. The Morgan fingerprint density at radius 3 is 2.03 bits per heavy atom. The van der Waals surface area contributed by atoms with Gasteiger partial charge < -0.3 is 10.1 Å². The fourth-order valence-electron chi connectivity index (χ4n) is 5.16. The maximum atomic E-state index is 13.2. The Labute approximate surface area is 187 Å². The number of amides is 1. The van der Waals surface area contributed by atoms with E-state index in [4.69, 9.17) is 4.74 Å². The van der Waals surface area contributed by atoms with Gasteiger partial charge in [-0.3, -0.25) is 4.79 Å². The normalized spacial score (nSPS) is 26.2. The van der Waals surface area contributed by atoms with E-state index in [1.807, 2.05) is 30.3 Å². The van der Waals surface area contributed by atoms with E-state index in [-0.39, 0.29) is 29.6 Å². The van der Waals surface area contributed by atoms with Crippen LogP contribution in [0.5, 0.6) is 0 Å². The molecule has 1 aliphatic carbocycles. The summed E-state index contributed by atoms with van der Waals surface area (Å²) in [6.07, 6.45) is -9.13. The highest BCUT2D eigenvalue weighted by molar-refractivity contribution is 5.79. The summed E-state index contributed by atoms with van der Waals surface area (Å²) >= 11 is 0. The maximum Gasteiger partial charge on any atom is 0.416 e. The molecule has 9 heteroatoms. The third-order valence-electron chi connectivity index (χ3n) is 6.70. The van der Waals surface area contributed by atoms with E-state index < -0.39 is 35.0 Å². The summed E-state index contributed by atoms with van der Waals surface area (Å²) in [5.74, 6) is -0.0189. The van der Waals surface area contributed by atoms with Gasteiger partial charge >= 0.3 is 12.4 Å². The van der Waals surface area contributed by atoms with Crippen LogP contribution in [-0.2, 0) is 27.3 Å². The molecule has 2 aromatic rings. The minimum atomic E-state index is -4.91. The smallest absolute Gasteiger partial charge is 0.373 e. The molecule has 1 aliphatic heterocycles. The number of alkyl halides is 6. The average molecular weight is 471 g/mol. The minimum Gasteiger partial charge on any atom is -0.373 e. The molecule has 1 heterocycles. The van der Waals surface area contributed by atoms with Crippen molar-refractivity contribution in [1.29, 1.82) is 0 Å². The predicted molar refractivity (Wildman–Crippen MR) is 108 cm³/mol.